The highest BCUT2D eigenvalue weighted by molar-refractivity contribution is 5.69. The Bertz CT molecular complexity index is 544. The van der Waals surface area contributed by atoms with Crippen LogP contribution in [0.15, 0.2) is 18.2 Å². The number of esters is 1. The zero-order chi connectivity index (χ0) is 14.8. The SMILES string of the molecule is CCOC(=O)CC[C@@]1(C)Oc2ccc([N+](=O)[O-])cc2O1. The second-order valence-electron chi connectivity index (χ2n) is 4.53. The first-order valence-corrected chi connectivity index (χ1v) is 6.25. The average Bonchev–Trinajstić information content (AvgIpc) is 2.72. The Morgan fingerprint density at radius 2 is 2.10 bits per heavy atom. The number of rotatable bonds is 5. The van der Waals surface area contributed by atoms with Crippen LogP contribution in [0.2, 0.25) is 0 Å². The molecule has 108 valence electrons. The summed E-state index contributed by atoms with van der Waals surface area (Å²) in [4.78, 5) is 21.5. The summed E-state index contributed by atoms with van der Waals surface area (Å²) in [5.41, 5.74) is -0.0676. The molecular weight excluding hydrogens is 266 g/mol. The highest BCUT2D eigenvalue weighted by atomic mass is 16.7. The number of hydrogen-bond donors (Lipinski definition) is 0. The van der Waals surface area contributed by atoms with Crippen LogP contribution in [-0.4, -0.2) is 23.3 Å². The number of carbonyl (C=O) groups excluding carboxylic acids is 1. The molecule has 1 aromatic rings. The van der Waals surface area contributed by atoms with Crippen molar-refractivity contribution in [1.82, 2.24) is 0 Å². The van der Waals surface area contributed by atoms with E-state index in [9.17, 15) is 14.9 Å². The minimum atomic E-state index is -1.01. The number of benzene rings is 1. The Morgan fingerprint density at radius 1 is 1.40 bits per heavy atom. The number of nitro benzene ring substituents is 1. The van der Waals surface area contributed by atoms with Crippen LogP contribution in [0.3, 0.4) is 0 Å². The first-order valence-electron chi connectivity index (χ1n) is 6.25. The lowest BCUT2D eigenvalue weighted by molar-refractivity contribution is -0.384. The van der Waals surface area contributed by atoms with Gasteiger partial charge in [-0.25, -0.2) is 0 Å². The van der Waals surface area contributed by atoms with Crippen molar-refractivity contribution in [2.45, 2.75) is 32.5 Å². The topological polar surface area (TPSA) is 87.9 Å². The van der Waals surface area contributed by atoms with Gasteiger partial charge in [0.1, 0.15) is 0 Å². The number of non-ortho nitro benzene ring substituents is 1. The van der Waals surface area contributed by atoms with E-state index in [1.165, 1.54) is 18.2 Å². The van der Waals surface area contributed by atoms with Crippen LogP contribution < -0.4 is 9.47 Å². The summed E-state index contributed by atoms with van der Waals surface area (Å²) in [5.74, 6) is -0.597. The van der Waals surface area contributed by atoms with E-state index in [0.29, 0.717) is 24.5 Å². The smallest absolute Gasteiger partial charge is 0.306 e. The van der Waals surface area contributed by atoms with Crippen molar-refractivity contribution in [2.75, 3.05) is 6.61 Å². The molecule has 0 bridgehead atoms. The van der Waals surface area contributed by atoms with Crippen LogP contribution in [0, 0.1) is 10.1 Å². The van der Waals surface area contributed by atoms with Gasteiger partial charge in [0.05, 0.1) is 24.0 Å². The molecule has 1 heterocycles. The summed E-state index contributed by atoms with van der Waals surface area (Å²) in [6.45, 7) is 3.74. The highest BCUT2D eigenvalue weighted by Gasteiger charge is 2.38. The quantitative estimate of drug-likeness (QED) is 0.468. The molecule has 1 aliphatic rings. The molecule has 7 nitrogen and oxygen atoms in total. The Labute approximate surface area is 115 Å². The fourth-order valence-corrected chi connectivity index (χ4v) is 1.92. The molecule has 0 aromatic heterocycles. The molecule has 0 amide bonds. The molecule has 0 saturated carbocycles. The van der Waals surface area contributed by atoms with Gasteiger partial charge < -0.3 is 14.2 Å². The van der Waals surface area contributed by atoms with Crippen molar-refractivity contribution >= 4 is 11.7 Å². The minimum absolute atomic E-state index is 0.0676. The third-order valence-electron chi connectivity index (χ3n) is 2.88. The Kier molecular flexibility index (Phi) is 3.78. The van der Waals surface area contributed by atoms with E-state index in [2.05, 4.69) is 0 Å². The fraction of sp³-hybridized carbons (Fsp3) is 0.462. The lowest BCUT2D eigenvalue weighted by Gasteiger charge is -2.22. The second-order valence-corrected chi connectivity index (χ2v) is 4.53. The number of nitro groups is 1. The monoisotopic (exact) mass is 281 g/mol. The standard InChI is InChI=1S/C13H15NO6/c1-3-18-12(15)6-7-13(2)19-10-5-4-9(14(16)17)8-11(10)20-13/h4-5,8H,3,6-7H2,1-2H3/t13-/m0/s1. The molecule has 2 rings (SSSR count). The zero-order valence-electron chi connectivity index (χ0n) is 11.3. The molecule has 0 saturated heterocycles. The molecule has 0 fully saturated rings. The normalized spacial score (nSPS) is 19.7. The van der Waals surface area contributed by atoms with Gasteiger partial charge in [-0.3, -0.25) is 14.9 Å². The molecule has 1 atom stereocenters. The summed E-state index contributed by atoms with van der Waals surface area (Å²) in [6, 6.07) is 4.15. The molecule has 0 N–H and O–H groups in total. The van der Waals surface area contributed by atoms with Crippen molar-refractivity contribution < 1.29 is 23.9 Å². The van der Waals surface area contributed by atoms with Crippen LogP contribution in [0.4, 0.5) is 5.69 Å². The lowest BCUT2D eigenvalue weighted by atomic mass is 10.2. The third-order valence-corrected chi connectivity index (χ3v) is 2.88. The molecule has 0 spiro atoms. The van der Waals surface area contributed by atoms with Crippen LogP contribution in [-0.2, 0) is 9.53 Å². The van der Waals surface area contributed by atoms with Crippen molar-refractivity contribution in [3.8, 4) is 11.5 Å². The van der Waals surface area contributed by atoms with Gasteiger partial charge in [-0.15, -0.1) is 0 Å². The van der Waals surface area contributed by atoms with Crippen molar-refractivity contribution in [2.24, 2.45) is 0 Å². The van der Waals surface area contributed by atoms with Gasteiger partial charge >= 0.3 is 5.97 Å². The number of carbonyl (C=O) groups is 1. The fourth-order valence-electron chi connectivity index (χ4n) is 1.92. The van der Waals surface area contributed by atoms with Gasteiger partial charge in [-0.05, 0) is 13.0 Å². The average molecular weight is 281 g/mol. The molecule has 0 radical (unpaired) electrons. The van der Waals surface area contributed by atoms with Crippen LogP contribution >= 0.6 is 0 Å². The summed E-state index contributed by atoms with van der Waals surface area (Å²) in [6.07, 6.45) is 0.453. The molecule has 1 aromatic carbocycles. The summed E-state index contributed by atoms with van der Waals surface area (Å²) < 4.78 is 16.0. The molecule has 7 heteroatoms. The summed E-state index contributed by atoms with van der Waals surface area (Å²) >= 11 is 0. The van der Waals surface area contributed by atoms with Crippen molar-refractivity contribution in [3.63, 3.8) is 0 Å². The maximum Gasteiger partial charge on any atom is 0.306 e. The minimum Gasteiger partial charge on any atom is -0.466 e. The van der Waals surface area contributed by atoms with Crippen LogP contribution in [0.5, 0.6) is 11.5 Å². The van der Waals surface area contributed by atoms with Gasteiger partial charge in [-0.2, -0.15) is 0 Å². The highest BCUT2D eigenvalue weighted by Crippen LogP contribution is 2.42. The molecule has 0 aliphatic carbocycles. The Morgan fingerprint density at radius 3 is 2.75 bits per heavy atom. The Balaban J connectivity index is 2.04. The number of nitrogens with zero attached hydrogens (tertiary/aromatic N) is 1. The van der Waals surface area contributed by atoms with E-state index in [1.54, 1.807) is 13.8 Å². The first kappa shape index (κ1) is 14.1. The second kappa shape index (κ2) is 5.36. The number of ether oxygens (including phenoxy) is 3. The van der Waals surface area contributed by atoms with E-state index >= 15 is 0 Å². The first-order chi connectivity index (χ1) is 9.43. The van der Waals surface area contributed by atoms with Gasteiger partial charge in [0, 0.05) is 19.4 Å². The van der Waals surface area contributed by atoms with E-state index in [-0.39, 0.29) is 18.1 Å². The van der Waals surface area contributed by atoms with Crippen molar-refractivity contribution in [1.29, 1.82) is 0 Å². The van der Waals surface area contributed by atoms with Gasteiger partial charge in [0.25, 0.3) is 5.69 Å². The molecule has 1 aliphatic heterocycles. The van der Waals surface area contributed by atoms with E-state index in [1.807, 2.05) is 0 Å². The predicted octanol–water partition coefficient (Wildman–Crippen LogP) is 2.43. The molecular formula is C13H15NO6. The van der Waals surface area contributed by atoms with Crippen molar-refractivity contribution in [3.05, 3.63) is 28.3 Å². The lowest BCUT2D eigenvalue weighted by Crippen LogP contribution is -2.35. The largest absolute Gasteiger partial charge is 0.466 e. The summed E-state index contributed by atoms with van der Waals surface area (Å²) in [5, 5.41) is 10.7. The van der Waals surface area contributed by atoms with Gasteiger partial charge in [-0.1, -0.05) is 0 Å². The third kappa shape index (κ3) is 2.98. The maximum atomic E-state index is 11.3. The summed E-state index contributed by atoms with van der Waals surface area (Å²) in [7, 11) is 0. The van der Waals surface area contributed by atoms with Gasteiger partial charge in [0.2, 0.25) is 5.79 Å². The molecule has 20 heavy (non-hydrogen) atoms. The van der Waals surface area contributed by atoms with E-state index in [4.69, 9.17) is 14.2 Å². The maximum absolute atomic E-state index is 11.3. The zero-order valence-corrected chi connectivity index (χ0v) is 11.3. The molecule has 0 unspecified atom stereocenters. The van der Waals surface area contributed by atoms with E-state index in [0.717, 1.165) is 0 Å². The predicted molar refractivity (Wildman–Crippen MR) is 68.6 cm³/mol. The number of hydrogen-bond acceptors (Lipinski definition) is 6. The van der Waals surface area contributed by atoms with Crippen LogP contribution in [0.25, 0.3) is 0 Å². The van der Waals surface area contributed by atoms with Crippen LogP contribution in [0.1, 0.15) is 26.7 Å². The van der Waals surface area contributed by atoms with Gasteiger partial charge in [0.15, 0.2) is 11.5 Å². The van der Waals surface area contributed by atoms with E-state index < -0.39 is 10.7 Å². The number of fused-ring (bicyclic) bond motifs is 1. The Hall–Kier alpha value is -2.31.